The Balaban J connectivity index is 0.000000298. The number of anilines is 2. The molecule has 1 saturated heterocycles. The number of aryl methyl sites for hydroxylation is 3. The average Bonchev–Trinajstić information content (AvgIpc) is 3.67. The van der Waals surface area contributed by atoms with Crippen LogP contribution in [0.15, 0.2) is 91.0 Å². The molecule has 5 aromatic rings. The van der Waals surface area contributed by atoms with Crippen molar-refractivity contribution in [3.05, 3.63) is 146 Å². The van der Waals surface area contributed by atoms with E-state index in [-0.39, 0.29) is 23.4 Å². The van der Waals surface area contributed by atoms with E-state index >= 15 is 0 Å². The lowest BCUT2D eigenvalue weighted by Crippen LogP contribution is -2.32. The van der Waals surface area contributed by atoms with E-state index in [2.05, 4.69) is 30.2 Å². The molecule has 7 nitrogen and oxygen atoms in total. The Bertz CT molecular complexity index is 2190. The van der Waals surface area contributed by atoms with E-state index < -0.39 is 0 Å². The van der Waals surface area contributed by atoms with E-state index in [9.17, 15) is 18.8 Å². The molecule has 9 heteroatoms. The molecule has 2 aromatic heterocycles. The SMILES string of the molecule is CC.CC(=O)c1ccc(C2=Cc3ccccc3N(C(=O)c3ccc(NC(=O)c4ccc(C)nc4C)cc3)CC2)s1.CCC1(CC)CCOCC1.Cc1cccc(F)c1C. The lowest BCUT2D eigenvalue weighted by Gasteiger charge is -2.35. The van der Waals surface area contributed by atoms with Crippen molar-refractivity contribution in [2.45, 2.75) is 94.4 Å². The number of ketones is 1. The van der Waals surface area contributed by atoms with Crippen LogP contribution in [0.1, 0.15) is 130 Å². The fourth-order valence-corrected chi connectivity index (χ4v) is 7.97. The summed E-state index contributed by atoms with van der Waals surface area (Å²) in [5.41, 5.74) is 8.47. The van der Waals surface area contributed by atoms with Gasteiger partial charge in [0.05, 0.1) is 21.8 Å². The van der Waals surface area contributed by atoms with Crippen LogP contribution in [0.4, 0.5) is 15.8 Å². The van der Waals surface area contributed by atoms with Crippen LogP contribution in [-0.2, 0) is 4.74 Å². The summed E-state index contributed by atoms with van der Waals surface area (Å²) in [5.74, 6) is -0.414. The van der Waals surface area contributed by atoms with Crippen LogP contribution in [0.2, 0.25) is 0 Å². The standard InChI is InChI=1S/C31H27N3O3S.C9H18O.C8H9F.C2H6/c1-19-8-13-26(20(2)32-19)30(36)33-25-11-9-22(10-12-25)31(37)34-17-16-24(18-23-6-4-5-7-27(23)34)29-15-14-28(38-29)21(3)35;1-3-9(4-2)5-7-10-8-6-9;1-6-4-3-5-8(9)7(6)2;1-2/h4-15,18H,16-17H2,1-3H3,(H,33,36);3-8H2,1-2H3;3-5H,1-2H3;1-2H3. The smallest absolute Gasteiger partial charge is 0.258 e. The zero-order chi connectivity index (χ0) is 43.1. The summed E-state index contributed by atoms with van der Waals surface area (Å²) in [5, 5.41) is 2.89. The summed E-state index contributed by atoms with van der Waals surface area (Å²) in [6.07, 6.45) is 7.98. The number of Topliss-reactive ketones (excluding diaryl/α,β-unsaturated/α-hetero) is 1. The Kier molecular flexibility index (Phi) is 17.5. The number of thiophene rings is 1. The van der Waals surface area contributed by atoms with Gasteiger partial charge in [0, 0.05) is 41.6 Å². The highest BCUT2D eigenvalue weighted by Crippen LogP contribution is 2.37. The predicted octanol–water partition coefficient (Wildman–Crippen LogP) is 12.9. The summed E-state index contributed by atoms with van der Waals surface area (Å²) < 4.78 is 17.9. The normalized spacial score (nSPS) is 14.0. The molecule has 0 spiro atoms. The first-order valence-corrected chi connectivity index (χ1v) is 21.5. The highest BCUT2D eigenvalue weighted by Gasteiger charge is 2.28. The molecule has 0 bridgehead atoms. The molecule has 0 aliphatic carbocycles. The Morgan fingerprint density at radius 1 is 0.847 bits per heavy atom. The van der Waals surface area contributed by atoms with Crippen molar-refractivity contribution in [1.29, 1.82) is 0 Å². The number of hydrogen-bond acceptors (Lipinski definition) is 6. The predicted molar refractivity (Wildman–Crippen MR) is 243 cm³/mol. The second-order valence-electron chi connectivity index (χ2n) is 14.8. The molecule has 4 heterocycles. The molecule has 312 valence electrons. The Morgan fingerprint density at radius 2 is 1.53 bits per heavy atom. The minimum absolute atomic E-state index is 0.0537. The minimum atomic E-state index is -0.240. The van der Waals surface area contributed by atoms with Gasteiger partial charge >= 0.3 is 0 Å². The number of amides is 2. The molecule has 3 aromatic carbocycles. The third kappa shape index (κ3) is 12.4. The fourth-order valence-electron chi connectivity index (χ4n) is 7.03. The Morgan fingerprint density at radius 3 is 2.10 bits per heavy atom. The molecule has 2 aliphatic heterocycles. The molecule has 2 aliphatic rings. The van der Waals surface area contributed by atoms with Gasteiger partial charge in [-0.25, -0.2) is 4.39 Å². The minimum Gasteiger partial charge on any atom is -0.381 e. The van der Waals surface area contributed by atoms with Gasteiger partial charge in [0.25, 0.3) is 11.8 Å². The van der Waals surface area contributed by atoms with E-state index in [0.717, 1.165) is 56.6 Å². The van der Waals surface area contributed by atoms with Crippen molar-refractivity contribution in [1.82, 2.24) is 4.98 Å². The molecule has 7 rings (SSSR count). The number of pyridine rings is 1. The van der Waals surface area contributed by atoms with Crippen molar-refractivity contribution in [2.24, 2.45) is 5.41 Å². The average molecular weight is 818 g/mol. The number of ether oxygens (including phenoxy) is 1. The number of fused-ring (bicyclic) bond motifs is 1. The maximum Gasteiger partial charge on any atom is 0.258 e. The third-order valence-corrected chi connectivity index (χ3v) is 12.4. The number of rotatable bonds is 7. The summed E-state index contributed by atoms with van der Waals surface area (Å²) in [4.78, 5) is 46.1. The van der Waals surface area contributed by atoms with Crippen LogP contribution >= 0.6 is 11.3 Å². The number of halogens is 1. The van der Waals surface area contributed by atoms with Crippen LogP contribution in [0.3, 0.4) is 0 Å². The first kappa shape index (κ1) is 46.4. The van der Waals surface area contributed by atoms with Crippen molar-refractivity contribution in [2.75, 3.05) is 30.0 Å². The lowest BCUT2D eigenvalue weighted by atomic mass is 9.76. The summed E-state index contributed by atoms with van der Waals surface area (Å²) in [6, 6.07) is 27.3. The van der Waals surface area contributed by atoms with Crippen molar-refractivity contribution in [3.63, 3.8) is 0 Å². The maximum atomic E-state index is 13.6. The number of carbonyl (C=O) groups excluding carboxylic acids is 3. The molecule has 2 amide bonds. The summed E-state index contributed by atoms with van der Waals surface area (Å²) in [6.45, 7) is 20.0. The molecule has 59 heavy (non-hydrogen) atoms. The monoisotopic (exact) mass is 817 g/mol. The Hall–Kier alpha value is -5.25. The van der Waals surface area contributed by atoms with Gasteiger partial charge < -0.3 is 15.0 Å². The van der Waals surface area contributed by atoms with Gasteiger partial charge in [-0.3, -0.25) is 19.4 Å². The van der Waals surface area contributed by atoms with Gasteiger partial charge in [-0.2, -0.15) is 0 Å². The van der Waals surface area contributed by atoms with Gasteiger partial charge in [0.2, 0.25) is 0 Å². The summed E-state index contributed by atoms with van der Waals surface area (Å²) in [7, 11) is 0. The quantitative estimate of drug-likeness (QED) is 0.165. The molecule has 0 unspecified atom stereocenters. The van der Waals surface area contributed by atoms with Gasteiger partial charge in [-0.15, -0.1) is 11.3 Å². The largest absolute Gasteiger partial charge is 0.381 e. The number of aromatic nitrogens is 1. The van der Waals surface area contributed by atoms with E-state index in [1.54, 1.807) is 55.1 Å². The maximum absolute atomic E-state index is 13.6. The molecule has 1 N–H and O–H groups in total. The summed E-state index contributed by atoms with van der Waals surface area (Å²) >= 11 is 1.48. The van der Waals surface area contributed by atoms with E-state index in [0.29, 0.717) is 40.9 Å². The Labute approximate surface area is 354 Å². The fraction of sp³-hybridized carbons (Fsp3) is 0.360. The number of nitrogens with zero attached hydrogens (tertiary/aromatic N) is 2. The van der Waals surface area contributed by atoms with E-state index in [4.69, 9.17) is 4.74 Å². The number of para-hydroxylation sites is 1. The van der Waals surface area contributed by atoms with Crippen LogP contribution in [0.25, 0.3) is 11.6 Å². The molecular formula is C50H60FN3O4S. The van der Waals surface area contributed by atoms with Crippen LogP contribution in [0.5, 0.6) is 0 Å². The number of carbonyl (C=O) groups is 3. The van der Waals surface area contributed by atoms with Gasteiger partial charge in [0.15, 0.2) is 5.78 Å². The number of nitrogens with one attached hydrogen (secondary N) is 1. The second-order valence-corrected chi connectivity index (χ2v) is 15.9. The number of benzene rings is 3. The first-order chi connectivity index (χ1) is 28.3. The van der Waals surface area contributed by atoms with Crippen LogP contribution < -0.4 is 10.2 Å². The third-order valence-electron chi connectivity index (χ3n) is 11.1. The molecule has 0 saturated carbocycles. The zero-order valence-electron chi connectivity index (χ0n) is 36.2. The molecule has 0 atom stereocenters. The van der Waals surface area contributed by atoms with Crippen LogP contribution in [0, 0.1) is 38.9 Å². The van der Waals surface area contributed by atoms with Gasteiger partial charge in [-0.1, -0.05) is 70.9 Å². The van der Waals surface area contributed by atoms with E-state index in [1.165, 1.54) is 43.1 Å². The highest BCUT2D eigenvalue weighted by atomic mass is 32.1. The second kappa shape index (κ2) is 22.2. The molecule has 1 fully saturated rings. The van der Waals surface area contributed by atoms with E-state index in [1.807, 2.05) is 83.1 Å². The zero-order valence-corrected chi connectivity index (χ0v) is 37.0. The highest BCUT2D eigenvalue weighted by molar-refractivity contribution is 7.15. The van der Waals surface area contributed by atoms with Gasteiger partial charge in [-0.05, 0) is 148 Å². The van der Waals surface area contributed by atoms with Crippen molar-refractivity contribution in [3.8, 4) is 0 Å². The first-order valence-electron chi connectivity index (χ1n) is 20.7. The molecule has 0 radical (unpaired) electrons. The topological polar surface area (TPSA) is 88.6 Å². The molecular weight excluding hydrogens is 758 g/mol. The van der Waals surface area contributed by atoms with Crippen molar-refractivity contribution < 1.29 is 23.5 Å². The lowest BCUT2D eigenvalue weighted by molar-refractivity contribution is 0.0105. The number of hydrogen-bond donors (Lipinski definition) is 1. The van der Waals surface area contributed by atoms with Crippen LogP contribution in [-0.4, -0.2) is 42.3 Å². The van der Waals surface area contributed by atoms with Gasteiger partial charge in [0.1, 0.15) is 5.82 Å². The van der Waals surface area contributed by atoms with Crippen molar-refractivity contribution >= 4 is 52.0 Å².